The topological polar surface area (TPSA) is 75.7 Å². The van der Waals surface area contributed by atoms with Gasteiger partial charge in [0.25, 0.3) is 5.91 Å². The smallest absolute Gasteiger partial charge is 0.405 e. The summed E-state index contributed by atoms with van der Waals surface area (Å²) >= 11 is 0. The van der Waals surface area contributed by atoms with E-state index in [4.69, 9.17) is 0 Å². The number of amides is 2. The molecule has 9 heteroatoms. The fourth-order valence-electron chi connectivity index (χ4n) is 2.00. The van der Waals surface area contributed by atoms with Gasteiger partial charge in [0.05, 0.1) is 0 Å². The highest BCUT2D eigenvalue weighted by molar-refractivity contribution is 5.95. The fraction of sp³-hybridized carbons (Fsp3) is 0.769. The normalized spacial score (nSPS) is 15.9. The molecular weight excluding hydrogens is 305 g/mol. The van der Waals surface area contributed by atoms with Crippen LogP contribution < -0.4 is 5.32 Å². The van der Waals surface area contributed by atoms with Crippen molar-refractivity contribution in [3.8, 4) is 0 Å². The van der Waals surface area contributed by atoms with Gasteiger partial charge in [-0.15, -0.1) is 0 Å². The van der Waals surface area contributed by atoms with E-state index >= 15 is 0 Å². The van der Waals surface area contributed by atoms with Gasteiger partial charge in [0.2, 0.25) is 5.91 Å². The molecule has 22 heavy (non-hydrogen) atoms. The van der Waals surface area contributed by atoms with Crippen LogP contribution in [0.15, 0.2) is 0 Å². The first kappa shape index (κ1) is 18.2. The minimum atomic E-state index is -4.54. The van der Waals surface area contributed by atoms with Crippen molar-refractivity contribution in [1.82, 2.24) is 10.2 Å². The highest BCUT2D eigenvalue weighted by Crippen LogP contribution is 2.12. The summed E-state index contributed by atoms with van der Waals surface area (Å²) in [6, 6.07) is 0. The molecule has 1 heterocycles. The zero-order valence-electron chi connectivity index (χ0n) is 12.1. The lowest BCUT2D eigenvalue weighted by Gasteiger charge is -2.19. The van der Waals surface area contributed by atoms with Gasteiger partial charge < -0.3 is 15.0 Å². The quantitative estimate of drug-likeness (QED) is 0.605. The Morgan fingerprint density at radius 3 is 2.18 bits per heavy atom. The minimum absolute atomic E-state index is 0.356. The van der Waals surface area contributed by atoms with Gasteiger partial charge in [0, 0.05) is 13.1 Å². The summed E-state index contributed by atoms with van der Waals surface area (Å²) in [6.07, 6.45) is -1.52. The van der Waals surface area contributed by atoms with Gasteiger partial charge in [0.1, 0.15) is 13.0 Å². The van der Waals surface area contributed by atoms with Gasteiger partial charge in [-0.1, -0.05) is 12.8 Å². The first-order valence-corrected chi connectivity index (χ1v) is 7.05. The third-order valence-corrected chi connectivity index (χ3v) is 3.11. The van der Waals surface area contributed by atoms with E-state index in [-0.39, 0.29) is 5.91 Å². The number of hydrogen-bond acceptors (Lipinski definition) is 4. The molecule has 1 N–H and O–H groups in total. The molecule has 0 atom stereocenters. The van der Waals surface area contributed by atoms with Crippen molar-refractivity contribution in [2.75, 3.05) is 26.2 Å². The van der Waals surface area contributed by atoms with Crippen LogP contribution >= 0.6 is 0 Å². The standard InChI is InChI=1S/C13H19F3N2O4/c14-13(15,16)9-17-10(19)7-12(21)22-8-11(20)18-5-3-1-2-4-6-18/h1-9H2,(H,17,19). The predicted octanol–water partition coefficient (Wildman–Crippen LogP) is 1.00. The van der Waals surface area contributed by atoms with Crippen molar-refractivity contribution in [3.63, 3.8) is 0 Å². The molecule has 1 fully saturated rings. The lowest BCUT2D eigenvalue weighted by Crippen LogP contribution is -2.37. The number of alkyl halides is 3. The van der Waals surface area contributed by atoms with Crippen molar-refractivity contribution >= 4 is 17.8 Å². The molecule has 0 aromatic carbocycles. The summed E-state index contributed by atoms with van der Waals surface area (Å²) in [7, 11) is 0. The van der Waals surface area contributed by atoms with Crippen molar-refractivity contribution < 1.29 is 32.3 Å². The summed E-state index contributed by atoms with van der Waals surface area (Å²) in [5, 5.41) is 1.55. The highest BCUT2D eigenvalue weighted by Gasteiger charge is 2.28. The number of nitrogens with one attached hydrogen (secondary N) is 1. The Hall–Kier alpha value is -1.80. The Kier molecular flexibility index (Phi) is 7.13. The molecule has 1 aliphatic rings. The number of carbonyl (C=O) groups is 3. The lowest BCUT2D eigenvalue weighted by molar-refractivity contribution is -0.155. The second-order valence-corrected chi connectivity index (χ2v) is 5.02. The summed E-state index contributed by atoms with van der Waals surface area (Å²) in [4.78, 5) is 35.8. The monoisotopic (exact) mass is 324 g/mol. The number of halogens is 3. The fourth-order valence-corrected chi connectivity index (χ4v) is 2.00. The number of rotatable bonds is 5. The molecule has 1 saturated heterocycles. The number of ether oxygens (including phenoxy) is 1. The minimum Gasteiger partial charge on any atom is -0.455 e. The van der Waals surface area contributed by atoms with E-state index in [1.165, 1.54) is 0 Å². The molecule has 0 aromatic rings. The Balaban J connectivity index is 2.24. The number of esters is 1. The van der Waals surface area contributed by atoms with E-state index < -0.39 is 37.6 Å². The molecule has 0 unspecified atom stereocenters. The van der Waals surface area contributed by atoms with E-state index in [2.05, 4.69) is 4.74 Å². The van der Waals surface area contributed by atoms with Gasteiger partial charge in [0.15, 0.2) is 6.61 Å². The molecule has 0 saturated carbocycles. The SMILES string of the molecule is O=C(CC(=O)OCC(=O)N1CCCCCC1)NCC(F)(F)F. The third kappa shape index (κ3) is 7.84. The highest BCUT2D eigenvalue weighted by atomic mass is 19.4. The van der Waals surface area contributed by atoms with Crippen LogP contribution in [-0.2, 0) is 19.1 Å². The van der Waals surface area contributed by atoms with E-state index in [0.29, 0.717) is 13.1 Å². The summed E-state index contributed by atoms with van der Waals surface area (Å²) in [6.45, 7) is -0.803. The molecule has 126 valence electrons. The molecule has 0 bridgehead atoms. The van der Waals surface area contributed by atoms with Crippen LogP contribution in [0.4, 0.5) is 13.2 Å². The second kappa shape index (κ2) is 8.60. The van der Waals surface area contributed by atoms with Gasteiger partial charge >= 0.3 is 12.1 Å². The average Bonchev–Trinajstić information content (AvgIpc) is 2.71. The molecule has 1 aliphatic heterocycles. The molecule has 1 rings (SSSR count). The summed E-state index contributed by atoms with van der Waals surface area (Å²) < 4.78 is 40.2. The molecular formula is C13H19F3N2O4. The number of likely N-dealkylation sites (tertiary alicyclic amines) is 1. The summed E-state index contributed by atoms with van der Waals surface area (Å²) in [5.41, 5.74) is 0. The maximum Gasteiger partial charge on any atom is 0.405 e. The van der Waals surface area contributed by atoms with Crippen LogP contribution in [0.3, 0.4) is 0 Å². The Morgan fingerprint density at radius 2 is 1.64 bits per heavy atom. The average molecular weight is 324 g/mol. The van der Waals surface area contributed by atoms with Crippen molar-refractivity contribution in [2.45, 2.75) is 38.3 Å². The van der Waals surface area contributed by atoms with Crippen LogP contribution in [0.25, 0.3) is 0 Å². The second-order valence-electron chi connectivity index (χ2n) is 5.02. The summed E-state index contributed by atoms with van der Waals surface area (Å²) in [5.74, 6) is -2.47. The van der Waals surface area contributed by atoms with Crippen molar-refractivity contribution in [1.29, 1.82) is 0 Å². The van der Waals surface area contributed by atoms with E-state index in [1.807, 2.05) is 0 Å². The van der Waals surface area contributed by atoms with E-state index in [0.717, 1.165) is 25.7 Å². The molecule has 2 amide bonds. The van der Waals surface area contributed by atoms with Gasteiger partial charge in [-0.25, -0.2) is 0 Å². The first-order chi connectivity index (χ1) is 10.3. The Bertz CT molecular complexity index is 405. The van der Waals surface area contributed by atoms with E-state index in [9.17, 15) is 27.6 Å². The maximum absolute atomic E-state index is 11.9. The molecule has 0 radical (unpaired) electrons. The van der Waals surface area contributed by atoms with Crippen LogP contribution in [0.5, 0.6) is 0 Å². The third-order valence-electron chi connectivity index (χ3n) is 3.11. The van der Waals surface area contributed by atoms with Crippen molar-refractivity contribution in [3.05, 3.63) is 0 Å². The van der Waals surface area contributed by atoms with Crippen LogP contribution in [0.1, 0.15) is 32.1 Å². The number of hydrogen-bond donors (Lipinski definition) is 1. The van der Waals surface area contributed by atoms with Gasteiger partial charge in [-0.3, -0.25) is 14.4 Å². The van der Waals surface area contributed by atoms with Gasteiger partial charge in [-0.05, 0) is 12.8 Å². The van der Waals surface area contributed by atoms with Crippen LogP contribution in [0.2, 0.25) is 0 Å². The van der Waals surface area contributed by atoms with Crippen molar-refractivity contribution in [2.24, 2.45) is 0 Å². The Labute approximate surface area is 126 Å². The molecule has 6 nitrogen and oxygen atoms in total. The zero-order valence-corrected chi connectivity index (χ0v) is 12.1. The predicted molar refractivity (Wildman–Crippen MR) is 69.7 cm³/mol. The lowest BCUT2D eigenvalue weighted by atomic mass is 10.2. The van der Waals surface area contributed by atoms with Crippen LogP contribution in [-0.4, -0.2) is 55.1 Å². The van der Waals surface area contributed by atoms with Gasteiger partial charge in [-0.2, -0.15) is 13.2 Å². The number of carbonyl (C=O) groups excluding carboxylic acids is 3. The largest absolute Gasteiger partial charge is 0.455 e. The molecule has 0 aliphatic carbocycles. The van der Waals surface area contributed by atoms with E-state index in [1.54, 1.807) is 10.2 Å². The molecule has 0 aromatic heterocycles. The Morgan fingerprint density at radius 1 is 1.05 bits per heavy atom. The number of nitrogens with zero attached hydrogens (tertiary/aromatic N) is 1. The molecule has 0 spiro atoms. The maximum atomic E-state index is 11.9. The zero-order chi connectivity index (χ0) is 16.6. The van der Waals surface area contributed by atoms with Crippen LogP contribution in [0, 0.1) is 0 Å². The first-order valence-electron chi connectivity index (χ1n) is 7.05.